The van der Waals surface area contributed by atoms with Crippen molar-refractivity contribution in [3.63, 3.8) is 0 Å². The van der Waals surface area contributed by atoms with Gasteiger partial charge in [-0.3, -0.25) is 9.59 Å². The summed E-state index contributed by atoms with van der Waals surface area (Å²) in [5.41, 5.74) is 1.24. The van der Waals surface area contributed by atoms with Crippen LogP contribution in [-0.4, -0.2) is 15.6 Å². The molecule has 0 saturated carbocycles. The van der Waals surface area contributed by atoms with Crippen molar-refractivity contribution in [2.24, 2.45) is 0 Å². The Morgan fingerprint density at radius 3 is 2.47 bits per heavy atom. The van der Waals surface area contributed by atoms with Crippen molar-refractivity contribution in [2.45, 2.75) is 0 Å². The van der Waals surface area contributed by atoms with E-state index in [1.165, 1.54) is 0 Å². The van der Waals surface area contributed by atoms with Crippen LogP contribution in [0.4, 0.5) is 0 Å². The fraction of sp³-hybridized carbons (Fsp3) is 0. The molecule has 1 amide bonds. The lowest BCUT2D eigenvalue weighted by atomic mass is 10.1. The van der Waals surface area contributed by atoms with Crippen LogP contribution >= 0.6 is 43.5 Å². The summed E-state index contributed by atoms with van der Waals surface area (Å²) < 4.78 is 2.22. The van der Waals surface area contributed by atoms with E-state index in [0.717, 1.165) is 4.68 Å². The molecule has 0 aliphatic carbocycles. The molecule has 32 heavy (non-hydrogen) atoms. The van der Waals surface area contributed by atoms with Crippen LogP contribution in [0.3, 0.4) is 0 Å². The molecule has 0 unspecified atom stereocenters. The normalized spacial score (nSPS) is 11.5. The van der Waals surface area contributed by atoms with Gasteiger partial charge < -0.3 is 11.2 Å². The van der Waals surface area contributed by atoms with Crippen molar-refractivity contribution in [3.8, 4) is 0 Å². The van der Waals surface area contributed by atoms with Crippen molar-refractivity contribution in [2.75, 3.05) is 5.84 Å². The van der Waals surface area contributed by atoms with E-state index in [2.05, 4.69) is 42.2 Å². The number of rotatable bonds is 4. The summed E-state index contributed by atoms with van der Waals surface area (Å²) in [7, 11) is 0. The topological polar surface area (TPSA) is 90.0 Å². The van der Waals surface area contributed by atoms with Gasteiger partial charge in [-0.05, 0) is 57.9 Å². The monoisotopic (exact) mass is 572 g/mol. The number of fused-ring (bicyclic) bond motifs is 1. The highest BCUT2D eigenvalue weighted by atomic mass is 79.9. The summed E-state index contributed by atoms with van der Waals surface area (Å²) in [6.45, 7) is 0. The first-order valence-corrected chi connectivity index (χ1v) is 11.3. The first-order valence-electron chi connectivity index (χ1n) is 9.35. The largest absolute Gasteiger partial charge is 0.334 e. The van der Waals surface area contributed by atoms with Gasteiger partial charge in [0.05, 0.1) is 16.6 Å². The summed E-state index contributed by atoms with van der Waals surface area (Å²) >= 11 is 13.1. The SMILES string of the molecule is Nn1c(/C(=C/c2ccccc2Cl)NC(=O)c2ccccc2)nc2c(Br)cc(Br)cc2c1=O. The number of nitrogens with two attached hydrogens (primary N) is 1. The number of halogens is 3. The summed E-state index contributed by atoms with van der Waals surface area (Å²) in [5, 5.41) is 3.62. The number of benzene rings is 3. The van der Waals surface area contributed by atoms with Gasteiger partial charge in [-0.25, -0.2) is 9.66 Å². The third-order valence-corrected chi connectivity index (χ3v) is 6.06. The van der Waals surface area contributed by atoms with E-state index in [1.54, 1.807) is 60.7 Å². The average Bonchev–Trinajstić information content (AvgIpc) is 2.78. The summed E-state index contributed by atoms with van der Waals surface area (Å²) in [6, 6.07) is 19.2. The highest BCUT2D eigenvalue weighted by Crippen LogP contribution is 2.27. The van der Waals surface area contributed by atoms with Crippen molar-refractivity contribution in [1.29, 1.82) is 0 Å². The van der Waals surface area contributed by atoms with Crippen molar-refractivity contribution in [1.82, 2.24) is 15.0 Å². The molecule has 0 spiro atoms. The van der Waals surface area contributed by atoms with Gasteiger partial charge in [0.25, 0.3) is 11.5 Å². The molecule has 160 valence electrons. The van der Waals surface area contributed by atoms with Crippen molar-refractivity contribution in [3.05, 3.63) is 108 Å². The Kier molecular flexibility index (Phi) is 6.45. The Morgan fingerprint density at radius 2 is 1.75 bits per heavy atom. The third kappa shape index (κ3) is 4.48. The number of aromatic nitrogens is 2. The molecule has 0 saturated heterocycles. The third-order valence-electron chi connectivity index (χ3n) is 4.65. The predicted octanol–water partition coefficient (Wildman–Crippen LogP) is 5.22. The maximum atomic E-state index is 13.0. The number of carbonyl (C=O) groups excluding carboxylic acids is 1. The standard InChI is InChI=1S/C23H15Br2ClN4O2/c24-15-11-16-20(17(25)12-15)29-21(30(27)23(16)32)19(10-14-8-4-5-9-18(14)26)28-22(31)13-6-2-1-3-7-13/h1-12H,27H2,(H,28,31)/b19-10-. The van der Waals surface area contributed by atoms with Crippen LogP contribution in [0.25, 0.3) is 22.7 Å². The maximum absolute atomic E-state index is 13.0. The zero-order valence-corrected chi connectivity index (χ0v) is 20.3. The molecule has 0 radical (unpaired) electrons. The van der Waals surface area contributed by atoms with Gasteiger partial charge in [0.1, 0.15) is 0 Å². The molecule has 3 aromatic carbocycles. The molecule has 9 heteroatoms. The van der Waals surface area contributed by atoms with E-state index in [4.69, 9.17) is 17.4 Å². The van der Waals surface area contributed by atoms with Crippen LogP contribution in [0.1, 0.15) is 21.7 Å². The van der Waals surface area contributed by atoms with E-state index in [9.17, 15) is 9.59 Å². The van der Waals surface area contributed by atoms with Gasteiger partial charge in [0.2, 0.25) is 0 Å². The minimum Gasteiger partial charge on any atom is -0.334 e. The quantitative estimate of drug-likeness (QED) is 0.327. The van der Waals surface area contributed by atoms with Gasteiger partial charge in [0, 0.05) is 19.5 Å². The minimum absolute atomic E-state index is 0.0784. The second-order valence-corrected chi connectivity index (χ2v) is 8.97. The minimum atomic E-state index is -0.467. The first kappa shape index (κ1) is 22.3. The summed E-state index contributed by atoms with van der Waals surface area (Å²) in [4.78, 5) is 30.5. The Hall–Kier alpha value is -2.94. The van der Waals surface area contributed by atoms with Gasteiger partial charge in [-0.2, -0.15) is 0 Å². The molecular formula is C23H15Br2ClN4O2. The predicted molar refractivity (Wildman–Crippen MR) is 135 cm³/mol. The Labute approximate surface area is 205 Å². The number of nitrogens with zero attached hydrogens (tertiary/aromatic N) is 2. The summed E-state index contributed by atoms with van der Waals surface area (Å²) in [5.74, 6) is 5.84. The fourth-order valence-corrected chi connectivity index (χ4v) is 4.61. The molecule has 4 aromatic rings. The Bertz CT molecular complexity index is 1440. The number of nitrogen functional groups attached to an aromatic ring is 1. The lowest BCUT2D eigenvalue weighted by Gasteiger charge is -2.15. The number of hydrogen-bond acceptors (Lipinski definition) is 4. The van der Waals surface area contributed by atoms with Crippen LogP contribution in [-0.2, 0) is 0 Å². The van der Waals surface area contributed by atoms with Gasteiger partial charge >= 0.3 is 0 Å². The lowest BCUT2D eigenvalue weighted by molar-refractivity contribution is 0.0973. The van der Waals surface area contributed by atoms with Gasteiger partial charge in [-0.15, -0.1) is 0 Å². The molecule has 0 bridgehead atoms. The van der Waals surface area contributed by atoms with Crippen LogP contribution in [0, 0.1) is 0 Å². The molecule has 1 aromatic heterocycles. The molecule has 0 atom stereocenters. The highest BCUT2D eigenvalue weighted by Gasteiger charge is 2.18. The zero-order chi connectivity index (χ0) is 22.8. The molecule has 4 rings (SSSR count). The average molecular weight is 575 g/mol. The fourth-order valence-electron chi connectivity index (χ4n) is 3.11. The molecule has 0 aliphatic heterocycles. The smallest absolute Gasteiger partial charge is 0.280 e. The van der Waals surface area contributed by atoms with E-state index in [1.807, 2.05) is 12.1 Å². The van der Waals surface area contributed by atoms with Crippen LogP contribution in [0.2, 0.25) is 5.02 Å². The van der Waals surface area contributed by atoms with E-state index in [0.29, 0.717) is 36.0 Å². The molecule has 0 fully saturated rings. The molecule has 3 N–H and O–H groups in total. The molecule has 0 aliphatic rings. The van der Waals surface area contributed by atoms with Crippen LogP contribution < -0.4 is 16.7 Å². The lowest BCUT2D eigenvalue weighted by Crippen LogP contribution is -2.34. The van der Waals surface area contributed by atoms with E-state index < -0.39 is 5.56 Å². The Balaban J connectivity index is 1.93. The number of hydrogen-bond donors (Lipinski definition) is 2. The highest BCUT2D eigenvalue weighted by molar-refractivity contribution is 9.11. The van der Waals surface area contributed by atoms with Crippen molar-refractivity contribution >= 4 is 72.0 Å². The molecular weight excluding hydrogens is 560 g/mol. The second kappa shape index (κ2) is 9.28. The van der Waals surface area contributed by atoms with Crippen LogP contribution in [0.15, 0.2) is 80.5 Å². The first-order chi connectivity index (χ1) is 15.3. The molecule has 6 nitrogen and oxygen atoms in total. The van der Waals surface area contributed by atoms with Crippen LogP contribution in [0.5, 0.6) is 0 Å². The van der Waals surface area contributed by atoms with E-state index >= 15 is 0 Å². The second-order valence-electron chi connectivity index (χ2n) is 6.79. The van der Waals surface area contributed by atoms with E-state index in [-0.39, 0.29) is 17.4 Å². The number of amides is 1. The zero-order valence-electron chi connectivity index (χ0n) is 16.4. The summed E-state index contributed by atoms with van der Waals surface area (Å²) in [6.07, 6.45) is 1.63. The number of nitrogens with one attached hydrogen (secondary N) is 1. The number of carbonyl (C=O) groups is 1. The van der Waals surface area contributed by atoms with Crippen molar-refractivity contribution < 1.29 is 4.79 Å². The molecule has 1 heterocycles. The maximum Gasteiger partial charge on any atom is 0.280 e. The van der Waals surface area contributed by atoms with Gasteiger partial charge in [-0.1, -0.05) is 63.9 Å². The Morgan fingerprint density at radius 1 is 1.06 bits per heavy atom. The van der Waals surface area contributed by atoms with Gasteiger partial charge in [0.15, 0.2) is 5.82 Å².